The van der Waals surface area contributed by atoms with Gasteiger partial charge in [0.25, 0.3) is 6.47 Å². The molecule has 1 fully saturated rings. The van der Waals surface area contributed by atoms with Crippen LogP contribution in [0.2, 0.25) is 0 Å². The molecule has 0 bridgehead atoms. The Morgan fingerprint density at radius 2 is 1.91 bits per heavy atom. The van der Waals surface area contributed by atoms with Crippen LogP contribution in [0.1, 0.15) is 38.2 Å². The third-order valence-corrected chi connectivity index (χ3v) is 4.30. The molecule has 1 aromatic rings. The Hall–Kier alpha value is -1.95. The molecular formula is C17H26N4O2. The van der Waals surface area contributed by atoms with Crippen LogP contribution >= 0.6 is 0 Å². The van der Waals surface area contributed by atoms with Crippen LogP contribution < -0.4 is 4.90 Å². The molecule has 6 heteroatoms. The average Bonchev–Trinajstić information content (AvgIpc) is 3.04. The number of hydrogen-bond donors (Lipinski definition) is 1. The second kappa shape index (κ2) is 9.25. The van der Waals surface area contributed by atoms with Gasteiger partial charge in [0.2, 0.25) is 5.95 Å². The van der Waals surface area contributed by atoms with Gasteiger partial charge in [-0.15, -0.1) is 0 Å². The lowest BCUT2D eigenvalue weighted by molar-refractivity contribution is -0.122. The van der Waals surface area contributed by atoms with E-state index in [0.717, 1.165) is 32.1 Å². The summed E-state index contributed by atoms with van der Waals surface area (Å²) in [4.78, 5) is 22.3. The number of nitrogens with zero attached hydrogens (tertiary/aromatic N) is 4. The topological polar surface area (TPSA) is 69.6 Å². The molecule has 2 aliphatic rings. The van der Waals surface area contributed by atoms with Gasteiger partial charge in [0, 0.05) is 50.2 Å². The monoisotopic (exact) mass is 318 g/mol. The number of piperidine rings is 1. The molecule has 1 unspecified atom stereocenters. The Balaban J connectivity index is 0.000000595. The molecule has 0 spiro atoms. The van der Waals surface area contributed by atoms with Crippen molar-refractivity contribution in [1.29, 1.82) is 0 Å². The molecule has 0 radical (unpaired) electrons. The second-order valence-electron chi connectivity index (χ2n) is 5.88. The van der Waals surface area contributed by atoms with Crippen molar-refractivity contribution >= 4 is 12.4 Å². The third-order valence-electron chi connectivity index (χ3n) is 4.30. The minimum Gasteiger partial charge on any atom is -0.483 e. The van der Waals surface area contributed by atoms with Crippen molar-refractivity contribution in [3.63, 3.8) is 0 Å². The standard InChI is InChI=1S/C16H24N4.CH2O2/c1-2-15-7-6-10-20(15)13-14-11-17-16(18-12-14)19-8-4-3-5-9-19;2-1-3/h6-7,11-12,15H,2-5,8-10,13H2,1H3;1H,(H,2,3). The van der Waals surface area contributed by atoms with Crippen LogP contribution in [-0.2, 0) is 11.3 Å². The van der Waals surface area contributed by atoms with E-state index in [1.807, 2.05) is 12.4 Å². The summed E-state index contributed by atoms with van der Waals surface area (Å²) in [7, 11) is 0. The maximum atomic E-state index is 8.36. The quantitative estimate of drug-likeness (QED) is 0.679. The van der Waals surface area contributed by atoms with Crippen molar-refractivity contribution in [2.45, 2.75) is 45.2 Å². The molecule has 1 atom stereocenters. The first-order valence-corrected chi connectivity index (χ1v) is 8.33. The van der Waals surface area contributed by atoms with Gasteiger partial charge in [-0.1, -0.05) is 19.1 Å². The van der Waals surface area contributed by atoms with Gasteiger partial charge in [0.05, 0.1) is 0 Å². The third kappa shape index (κ3) is 5.03. The van der Waals surface area contributed by atoms with Gasteiger partial charge in [-0.25, -0.2) is 9.97 Å². The molecule has 3 rings (SSSR count). The van der Waals surface area contributed by atoms with Crippen molar-refractivity contribution in [2.75, 3.05) is 24.5 Å². The highest BCUT2D eigenvalue weighted by Crippen LogP contribution is 2.18. The zero-order valence-corrected chi connectivity index (χ0v) is 13.8. The maximum Gasteiger partial charge on any atom is 0.290 e. The van der Waals surface area contributed by atoms with Crippen molar-refractivity contribution in [2.24, 2.45) is 0 Å². The summed E-state index contributed by atoms with van der Waals surface area (Å²) in [6, 6.07) is 0.580. The number of anilines is 1. The Kier molecular flexibility index (Phi) is 7.00. The lowest BCUT2D eigenvalue weighted by atomic mass is 10.1. The largest absolute Gasteiger partial charge is 0.483 e. The molecule has 1 N–H and O–H groups in total. The predicted octanol–water partition coefficient (Wildman–Crippen LogP) is 2.32. The van der Waals surface area contributed by atoms with Gasteiger partial charge in [-0.05, 0) is 25.7 Å². The fourth-order valence-electron chi connectivity index (χ4n) is 3.11. The Labute approximate surface area is 137 Å². The Morgan fingerprint density at radius 1 is 1.26 bits per heavy atom. The van der Waals surface area contributed by atoms with Crippen molar-refractivity contribution in [3.8, 4) is 0 Å². The van der Waals surface area contributed by atoms with E-state index in [1.54, 1.807) is 0 Å². The van der Waals surface area contributed by atoms with Crippen molar-refractivity contribution < 1.29 is 9.90 Å². The van der Waals surface area contributed by atoms with Crippen LogP contribution in [-0.4, -0.2) is 52.1 Å². The van der Waals surface area contributed by atoms with Crippen LogP contribution in [0, 0.1) is 0 Å². The predicted molar refractivity (Wildman–Crippen MR) is 90.4 cm³/mol. The van der Waals surface area contributed by atoms with Crippen molar-refractivity contribution in [3.05, 3.63) is 30.1 Å². The minimum absolute atomic E-state index is 0.250. The van der Waals surface area contributed by atoms with E-state index in [-0.39, 0.29) is 6.47 Å². The van der Waals surface area contributed by atoms with E-state index in [0.29, 0.717) is 6.04 Å². The number of carboxylic acid groups (broad SMARTS) is 1. The Morgan fingerprint density at radius 3 is 2.52 bits per heavy atom. The summed E-state index contributed by atoms with van der Waals surface area (Å²) >= 11 is 0. The van der Waals surface area contributed by atoms with Crippen LogP contribution in [0.15, 0.2) is 24.5 Å². The summed E-state index contributed by atoms with van der Waals surface area (Å²) in [6.45, 7) is 6.20. The van der Waals surface area contributed by atoms with Crippen LogP contribution in [0.25, 0.3) is 0 Å². The summed E-state index contributed by atoms with van der Waals surface area (Å²) in [5, 5.41) is 6.89. The molecular weight excluding hydrogens is 292 g/mol. The first-order valence-electron chi connectivity index (χ1n) is 8.33. The van der Waals surface area contributed by atoms with Gasteiger partial charge < -0.3 is 10.0 Å². The number of rotatable bonds is 4. The SMILES string of the molecule is CCC1C=CCN1Cc1cnc(N2CCCCC2)nc1.O=CO. The summed E-state index contributed by atoms with van der Waals surface area (Å²) in [5.74, 6) is 0.903. The summed E-state index contributed by atoms with van der Waals surface area (Å²) < 4.78 is 0. The molecule has 126 valence electrons. The van der Waals surface area contributed by atoms with Crippen LogP contribution in [0.4, 0.5) is 5.95 Å². The summed E-state index contributed by atoms with van der Waals surface area (Å²) in [6.07, 6.45) is 13.6. The van der Waals surface area contributed by atoms with E-state index in [2.05, 4.69) is 38.8 Å². The zero-order valence-electron chi connectivity index (χ0n) is 13.8. The van der Waals surface area contributed by atoms with Gasteiger partial charge >= 0.3 is 0 Å². The molecule has 0 aliphatic carbocycles. The fraction of sp³-hybridized carbons (Fsp3) is 0.588. The molecule has 0 amide bonds. The molecule has 3 heterocycles. The van der Waals surface area contributed by atoms with Crippen LogP contribution in [0.3, 0.4) is 0 Å². The average molecular weight is 318 g/mol. The molecule has 1 saturated heterocycles. The van der Waals surface area contributed by atoms with Gasteiger partial charge in [-0.3, -0.25) is 9.69 Å². The van der Waals surface area contributed by atoms with E-state index in [9.17, 15) is 0 Å². The molecule has 2 aliphatic heterocycles. The molecule has 6 nitrogen and oxygen atoms in total. The molecule has 0 saturated carbocycles. The molecule has 0 aromatic carbocycles. The van der Waals surface area contributed by atoms with Gasteiger partial charge in [0.15, 0.2) is 0 Å². The first-order chi connectivity index (χ1) is 11.3. The smallest absolute Gasteiger partial charge is 0.290 e. The van der Waals surface area contributed by atoms with E-state index in [4.69, 9.17) is 9.90 Å². The Bertz CT molecular complexity index is 498. The number of hydrogen-bond acceptors (Lipinski definition) is 5. The van der Waals surface area contributed by atoms with Crippen LogP contribution in [0.5, 0.6) is 0 Å². The molecule has 1 aromatic heterocycles. The lowest BCUT2D eigenvalue weighted by Crippen LogP contribution is -2.31. The second-order valence-corrected chi connectivity index (χ2v) is 5.88. The number of aromatic nitrogens is 2. The van der Waals surface area contributed by atoms with Gasteiger partial charge in [-0.2, -0.15) is 0 Å². The van der Waals surface area contributed by atoms with E-state index >= 15 is 0 Å². The normalized spacial score (nSPS) is 20.9. The minimum atomic E-state index is -0.250. The van der Waals surface area contributed by atoms with Crippen molar-refractivity contribution in [1.82, 2.24) is 14.9 Å². The van der Waals surface area contributed by atoms with Gasteiger partial charge in [0.1, 0.15) is 0 Å². The van der Waals surface area contributed by atoms with E-state index < -0.39 is 0 Å². The van der Waals surface area contributed by atoms with E-state index in [1.165, 1.54) is 31.2 Å². The first kappa shape index (κ1) is 17.4. The fourth-order valence-corrected chi connectivity index (χ4v) is 3.11. The lowest BCUT2D eigenvalue weighted by Gasteiger charge is -2.27. The zero-order chi connectivity index (χ0) is 16.5. The summed E-state index contributed by atoms with van der Waals surface area (Å²) in [5.41, 5.74) is 1.22. The highest BCUT2D eigenvalue weighted by Gasteiger charge is 2.18. The molecule has 23 heavy (non-hydrogen) atoms. The number of carbonyl (C=O) groups is 1. The maximum absolute atomic E-state index is 8.36. The highest BCUT2D eigenvalue weighted by molar-refractivity contribution is 5.32. The highest BCUT2D eigenvalue weighted by atomic mass is 16.3.